The maximum absolute atomic E-state index is 12.9. The monoisotopic (exact) mass is 320 g/mol. The third kappa shape index (κ3) is 3.11. The normalized spacial score (nSPS) is 14.5. The smallest absolute Gasteiger partial charge is 0.267 e. The number of hydrogen-bond acceptors (Lipinski definition) is 3. The van der Waals surface area contributed by atoms with E-state index in [2.05, 4.69) is 12.1 Å². The van der Waals surface area contributed by atoms with Crippen molar-refractivity contribution in [3.8, 4) is 11.8 Å². The third-order valence-electron chi connectivity index (χ3n) is 4.33. The Kier molecular flexibility index (Phi) is 4.52. The van der Waals surface area contributed by atoms with Crippen molar-refractivity contribution in [1.29, 1.82) is 5.26 Å². The van der Waals surface area contributed by atoms with E-state index in [4.69, 9.17) is 10.00 Å². The Bertz CT molecular complexity index is 790. The molecule has 2 aromatic rings. The fourth-order valence-corrected chi connectivity index (χ4v) is 3.15. The van der Waals surface area contributed by atoms with Crippen LogP contribution in [-0.2, 0) is 11.2 Å². The number of rotatable bonds is 3. The largest absolute Gasteiger partial charge is 0.481 e. The maximum Gasteiger partial charge on any atom is 0.267 e. The Morgan fingerprint density at radius 3 is 2.71 bits per heavy atom. The fraction of sp³-hybridized carbons (Fsp3) is 0.300. The molecule has 3 rings (SSSR count). The molecule has 0 saturated carbocycles. The van der Waals surface area contributed by atoms with Crippen LogP contribution in [0.25, 0.3) is 0 Å². The van der Waals surface area contributed by atoms with E-state index < -0.39 is 6.10 Å². The summed E-state index contributed by atoms with van der Waals surface area (Å²) in [6, 6.07) is 15.1. The van der Waals surface area contributed by atoms with Gasteiger partial charge in [-0.3, -0.25) is 4.79 Å². The van der Waals surface area contributed by atoms with Gasteiger partial charge in [0.05, 0.1) is 11.6 Å². The number of carbonyl (C=O) groups is 1. The highest BCUT2D eigenvalue weighted by molar-refractivity contribution is 5.98. The van der Waals surface area contributed by atoms with E-state index in [0.29, 0.717) is 11.3 Å². The summed E-state index contributed by atoms with van der Waals surface area (Å²) >= 11 is 0. The molecule has 0 radical (unpaired) electrons. The zero-order valence-corrected chi connectivity index (χ0v) is 14.0. The number of carbonyl (C=O) groups excluding carboxylic acids is 1. The number of aryl methyl sites for hydroxylation is 2. The molecule has 1 aliphatic heterocycles. The molecule has 0 bridgehead atoms. The first kappa shape index (κ1) is 16.1. The van der Waals surface area contributed by atoms with Crippen LogP contribution in [0.15, 0.2) is 42.5 Å². The van der Waals surface area contributed by atoms with E-state index in [1.807, 2.05) is 24.0 Å². The van der Waals surface area contributed by atoms with Crippen LogP contribution < -0.4 is 9.64 Å². The van der Waals surface area contributed by atoms with Gasteiger partial charge in [-0.25, -0.2) is 0 Å². The van der Waals surface area contributed by atoms with Crippen molar-refractivity contribution >= 4 is 11.6 Å². The molecule has 1 heterocycles. The number of para-hydroxylation sites is 1. The van der Waals surface area contributed by atoms with E-state index >= 15 is 0 Å². The third-order valence-corrected chi connectivity index (χ3v) is 4.33. The van der Waals surface area contributed by atoms with Crippen molar-refractivity contribution < 1.29 is 9.53 Å². The molecule has 0 aromatic heterocycles. The number of fused-ring (bicyclic) bond motifs is 1. The van der Waals surface area contributed by atoms with Crippen molar-refractivity contribution in [3.63, 3.8) is 0 Å². The van der Waals surface area contributed by atoms with Gasteiger partial charge in [-0.1, -0.05) is 18.2 Å². The first-order valence-corrected chi connectivity index (χ1v) is 8.17. The number of anilines is 1. The predicted octanol–water partition coefficient (Wildman–Crippen LogP) is 3.61. The second-order valence-electron chi connectivity index (χ2n) is 6.07. The first-order valence-electron chi connectivity index (χ1n) is 8.17. The van der Waals surface area contributed by atoms with Gasteiger partial charge in [-0.05, 0) is 62.1 Å². The summed E-state index contributed by atoms with van der Waals surface area (Å²) in [5.74, 6) is 0.562. The Morgan fingerprint density at radius 1 is 1.25 bits per heavy atom. The number of ether oxygens (including phenoxy) is 1. The molecular formula is C20H20N2O2. The summed E-state index contributed by atoms with van der Waals surface area (Å²) < 4.78 is 5.78. The standard InChI is InChI=1S/C20H20N2O2/c1-14-5-3-6-17-7-4-12-22(19(14)17)20(23)15(2)24-18-10-8-16(13-21)9-11-18/h3,5-6,8-11,15H,4,7,12H2,1-2H3. The maximum atomic E-state index is 12.9. The van der Waals surface area contributed by atoms with Gasteiger partial charge in [0.2, 0.25) is 0 Å². The molecule has 0 saturated heterocycles. The van der Waals surface area contributed by atoms with Crippen LogP contribution in [0, 0.1) is 18.3 Å². The van der Waals surface area contributed by atoms with Crippen molar-refractivity contribution in [2.75, 3.05) is 11.4 Å². The van der Waals surface area contributed by atoms with Gasteiger partial charge in [-0.2, -0.15) is 5.26 Å². The topological polar surface area (TPSA) is 53.3 Å². The molecule has 0 N–H and O–H groups in total. The summed E-state index contributed by atoms with van der Waals surface area (Å²) in [6.45, 7) is 4.53. The predicted molar refractivity (Wildman–Crippen MR) is 93.1 cm³/mol. The van der Waals surface area contributed by atoms with Crippen LogP contribution in [0.1, 0.15) is 30.0 Å². The zero-order valence-electron chi connectivity index (χ0n) is 14.0. The SMILES string of the molecule is Cc1cccc2c1N(C(=O)C(C)Oc1ccc(C#N)cc1)CCC2. The van der Waals surface area contributed by atoms with E-state index in [9.17, 15) is 4.79 Å². The van der Waals surface area contributed by atoms with Gasteiger partial charge < -0.3 is 9.64 Å². The summed E-state index contributed by atoms with van der Waals surface area (Å²) in [6.07, 6.45) is 1.39. The quantitative estimate of drug-likeness (QED) is 0.868. The zero-order chi connectivity index (χ0) is 17.1. The number of benzene rings is 2. The van der Waals surface area contributed by atoms with Gasteiger partial charge in [0.15, 0.2) is 6.10 Å². The Hall–Kier alpha value is -2.80. The lowest BCUT2D eigenvalue weighted by atomic mass is 9.98. The minimum atomic E-state index is -0.580. The summed E-state index contributed by atoms with van der Waals surface area (Å²) in [4.78, 5) is 14.7. The van der Waals surface area contributed by atoms with E-state index in [0.717, 1.165) is 30.6 Å². The van der Waals surface area contributed by atoms with Gasteiger partial charge in [-0.15, -0.1) is 0 Å². The Labute approximate surface area is 142 Å². The molecule has 0 spiro atoms. The van der Waals surface area contributed by atoms with Crippen LogP contribution in [0.2, 0.25) is 0 Å². The Morgan fingerprint density at radius 2 is 2.00 bits per heavy atom. The average molecular weight is 320 g/mol. The highest BCUT2D eigenvalue weighted by Gasteiger charge is 2.28. The van der Waals surface area contributed by atoms with Crippen LogP contribution in [0.5, 0.6) is 5.75 Å². The van der Waals surface area contributed by atoms with Crippen molar-refractivity contribution in [3.05, 3.63) is 59.2 Å². The summed E-state index contributed by atoms with van der Waals surface area (Å²) in [5, 5.41) is 8.84. The second kappa shape index (κ2) is 6.76. The van der Waals surface area contributed by atoms with Crippen molar-refractivity contribution in [2.45, 2.75) is 32.8 Å². The van der Waals surface area contributed by atoms with Gasteiger partial charge in [0, 0.05) is 12.2 Å². The fourth-order valence-electron chi connectivity index (χ4n) is 3.15. The minimum absolute atomic E-state index is 0.0328. The van der Waals surface area contributed by atoms with E-state index in [-0.39, 0.29) is 5.91 Å². The van der Waals surface area contributed by atoms with Crippen molar-refractivity contribution in [1.82, 2.24) is 0 Å². The first-order chi connectivity index (χ1) is 11.6. The molecule has 122 valence electrons. The highest BCUT2D eigenvalue weighted by atomic mass is 16.5. The van der Waals surface area contributed by atoms with Crippen molar-refractivity contribution in [2.24, 2.45) is 0 Å². The van der Waals surface area contributed by atoms with Crippen LogP contribution >= 0.6 is 0 Å². The Balaban J connectivity index is 1.78. The molecule has 1 amide bonds. The second-order valence-corrected chi connectivity index (χ2v) is 6.07. The van der Waals surface area contributed by atoms with E-state index in [1.165, 1.54) is 5.56 Å². The molecule has 4 nitrogen and oxygen atoms in total. The molecule has 1 unspecified atom stereocenters. The molecule has 1 atom stereocenters. The number of hydrogen-bond donors (Lipinski definition) is 0. The summed E-state index contributed by atoms with van der Waals surface area (Å²) in [7, 11) is 0. The molecule has 1 aliphatic rings. The molecule has 4 heteroatoms. The van der Waals surface area contributed by atoms with E-state index in [1.54, 1.807) is 31.2 Å². The lowest BCUT2D eigenvalue weighted by Gasteiger charge is -2.32. The average Bonchev–Trinajstić information content (AvgIpc) is 2.61. The number of amides is 1. The van der Waals surface area contributed by atoms with Gasteiger partial charge in [0.25, 0.3) is 5.91 Å². The molecule has 2 aromatic carbocycles. The molecule has 0 aliphatic carbocycles. The summed E-state index contributed by atoms with van der Waals surface area (Å²) in [5.41, 5.74) is 3.94. The molecule has 0 fully saturated rings. The van der Waals surface area contributed by atoms with Gasteiger partial charge in [0.1, 0.15) is 5.75 Å². The minimum Gasteiger partial charge on any atom is -0.481 e. The van der Waals surface area contributed by atoms with Crippen LogP contribution in [0.3, 0.4) is 0 Å². The van der Waals surface area contributed by atoms with Crippen LogP contribution in [-0.4, -0.2) is 18.6 Å². The highest BCUT2D eigenvalue weighted by Crippen LogP contribution is 2.31. The lowest BCUT2D eigenvalue weighted by Crippen LogP contribution is -2.43. The lowest BCUT2D eigenvalue weighted by molar-refractivity contribution is -0.124. The molecule has 24 heavy (non-hydrogen) atoms. The molecular weight excluding hydrogens is 300 g/mol. The number of nitriles is 1. The van der Waals surface area contributed by atoms with Gasteiger partial charge >= 0.3 is 0 Å². The number of nitrogens with zero attached hydrogens (tertiary/aromatic N) is 2. The van der Waals surface area contributed by atoms with Crippen LogP contribution in [0.4, 0.5) is 5.69 Å².